The Labute approximate surface area is 175 Å². The number of nitrogens with two attached hydrogens (primary N) is 1. The lowest BCUT2D eigenvalue weighted by atomic mass is 10.0. The van der Waals surface area contributed by atoms with E-state index in [-0.39, 0.29) is 6.42 Å². The maximum absolute atomic E-state index is 13.0. The van der Waals surface area contributed by atoms with Crippen LogP contribution in [0.1, 0.15) is 15.9 Å². The number of hydrogen-bond acceptors (Lipinski definition) is 5. The highest BCUT2D eigenvalue weighted by Crippen LogP contribution is 2.27. The van der Waals surface area contributed by atoms with Crippen molar-refractivity contribution in [3.63, 3.8) is 0 Å². The summed E-state index contributed by atoms with van der Waals surface area (Å²) in [6, 6.07) is 12.1. The van der Waals surface area contributed by atoms with Crippen LogP contribution in [0.4, 0.5) is 0 Å². The van der Waals surface area contributed by atoms with Crippen molar-refractivity contribution in [2.75, 3.05) is 0 Å². The number of nitrogens with one attached hydrogen (secondary N) is 2. The number of rotatable bonds is 7. The molecule has 0 aliphatic heterocycles. The molecule has 0 bridgehead atoms. The number of aromatic nitrogens is 2. The third-order valence-corrected chi connectivity index (χ3v) is 5.79. The molecule has 0 fully saturated rings. The summed E-state index contributed by atoms with van der Waals surface area (Å²) in [7, 11) is 0. The molecule has 0 saturated heterocycles. The number of Topliss-reactive ketones (excluding diaryl/α,β-unsaturated/α-hetero) is 1. The van der Waals surface area contributed by atoms with Gasteiger partial charge in [0.15, 0.2) is 0 Å². The average Bonchev–Trinajstić information content (AvgIpc) is 3.41. The summed E-state index contributed by atoms with van der Waals surface area (Å²) in [6.07, 6.45) is 4.99. The molecule has 0 aliphatic carbocycles. The number of carbonyl (C=O) groups is 3. The molecule has 150 valence electrons. The molecule has 4 aromatic rings. The number of thiophene rings is 1. The highest BCUT2D eigenvalue weighted by molar-refractivity contribution is 7.17. The lowest BCUT2D eigenvalue weighted by molar-refractivity contribution is -0.137. The lowest BCUT2D eigenvalue weighted by Crippen LogP contribution is -2.47. The minimum absolute atomic E-state index is 0.168. The first-order valence-corrected chi connectivity index (χ1v) is 10.1. The van der Waals surface area contributed by atoms with E-state index in [0.717, 1.165) is 15.6 Å². The van der Waals surface area contributed by atoms with Crippen LogP contribution in [-0.2, 0) is 16.0 Å². The first-order valence-electron chi connectivity index (χ1n) is 9.22. The van der Waals surface area contributed by atoms with Gasteiger partial charge in [0, 0.05) is 35.3 Å². The quantitative estimate of drug-likeness (QED) is 0.400. The van der Waals surface area contributed by atoms with Crippen LogP contribution >= 0.6 is 11.3 Å². The van der Waals surface area contributed by atoms with E-state index in [1.54, 1.807) is 24.5 Å². The zero-order valence-electron chi connectivity index (χ0n) is 15.8. The molecule has 0 aliphatic rings. The Morgan fingerprint density at radius 2 is 1.90 bits per heavy atom. The molecule has 2 amide bonds. The number of aromatic amines is 1. The Kier molecular flexibility index (Phi) is 5.40. The minimum atomic E-state index is -1.08. The highest BCUT2D eigenvalue weighted by Gasteiger charge is 2.28. The standard InChI is InChI=1S/C22H18N4O3S/c23-21(28)20(27)18(9-13-12-30-19-7-2-1-5-14(13)19)26-22(29)16-11-24-10-15(16)17-6-3-4-8-25-17/h1-8,10-12,18,24H,9H2,(H2,23,28)(H,26,29). The van der Waals surface area contributed by atoms with Crippen LogP contribution in [0, 0.1) is 0 Å². The number of benzene rings is 1. The Morgan fingerprint density at radius 3 is 2.67 bits per heavy atom. The SMILES string of the molecule is NC(=O)C(=O)C(Cc1csc2ccccc12)NC(=O)c1c[nH]cc1-c1ccccn1. The summed E-state index contributed by atoms with van der Waals surface area (Å²) >= 11 is 1.54. The molecule has 3 aromatic heterocycles. The maximum Gasteiger partial charge on any atom is 0.287 e. The zero-order chi connectivity index (χ0) is 21.1. The fourth-order valence-electron chi connectivity index (χ4n) is 3.31. The van der Waals surface area contributed by atoms with Crippen molar-refractivity contribution in [2.45, 2.75) is 12.5 Å². The van der Waals surface area contributed by atoms with Crippen molar-refractivity contribution in [3.05, 3.63) is 77.6 Å². The van der Waals surface area contributed by atoms with E-state index in [1.165, 1.54) is 17.5 Å². The van der Waals surface area contributed by atoms with Gasteiger partial charge in [0.05, 0.1) is 11.3 Å². The van der Waals surface area contributed by atoms with Crippen LogP contribution in [0.5, 0.6) is 0 Å². The zero-order valence-corrected chi connectivity index (χ0v) is 16.6. The highest BCUT2D eigenvalue weighted by atomic mass is 32.1. The van der Waals surface area contributed by atoms with Gasteiger partial charge in [0.25, 0.3) is 11.8 Å². The third kappa shape index (κ3) is 3.85. The van der Waals surface area contributed by atoms with Gasteiger partial charge in [0.1, 0.15) is 6.04 Å². The summed E-state index contributed by atoms with van der Waals surface area (Å²) in [5.74, 6) is -2.41. The number of ketones is 1. The number of nitrogens with zero attached hydrogens (tertiary/aromatic N) is 1. The van der Waals surface area contributed by atoms with Crippen LogP contribution in [0.15, 0.2) is 66.4 Å². The molecule has 8 heteroatoms. The Morgan fingerprint density at radius 1 is 1.10 bits per heavy atom. The van der Waals surface area contributed by atoms with Gasteiger partial charge in [-0.15, -0.1) is 11.3 Å². The van der Waals surface area contributed by atoms with Crippen molar-refractivity contribution in [1.82, 2.24) is 15.3 Å². The van der Waals surface area contributed by atoms with E-state index in [2.05, 4.69) is 15.3 Å². The van der Waals surface area contributed by atoms with Gasteiger partial charge in [-0.25, -0.2) is 0 Å². The molecule has 1 aromatic carbocycles. The molecular weight excluding hydrogens is 400 g/mol. The molecule has 3 heterocycles. The van der Waals surface area contributed by atoms with Gasteiger partial charge in [-0.3, -0.25) is 19.4 Å². The normalized spacial score (nSPS) is 11.9. The molecule has 30 heavy (non-hydrogen) atoms. The van der Waals surface area contributed by atoms with Gasteiger partial charge in [-0.2, -0.15) is 0 Å². The average molecular weight is 418 g/mol. The molecule has 0 saturated carbocycles. The topological polar surface area (TPSA) is 118 Å². The van der Waals surface area contributed by atoms with Crippen molar-refractivity contribution in [2.24, 2.45) is 5.73 Å². The molecule has 4 rings (SSSR count). The van der Waals surface area contributed by atoms with Gasteiger partial charge >= 0.3 is 0 Å². The second kappa shape index (κ2) is 8.30. The molecule has 1 atom stereocenters. The maximum atomic E-state index is 13.0. The van der Waals surface area contributed by atoms with Crippen molar-refractivity contribution < 1.29 is 14.4 Å². The largest absolute Gasteiger partial charge is 0.366 e. The molecule has 0 spiro atoms. The summed E-state index contributed by atoms with van der Waals surface area (Å²) < 4.78 is 1.06. The monoisotopic (exact) mass is 418 g/mol. The lowest BCUT2D eigenvalue weighted by Gasteiger charge is -2.16. The Balaban J connectivity index is 1.62. The van der Waals surface area contributed by atoms with Crippen molar-refractivity contribution in [1.29, 1.82) is 0 Å². The van der Waals surface area contributed by atoms with Gasteiger partial charge in [-0.05, 0) is 34.5 Å². The number of pyridine rings is 1. The summed E-state index contributed by atoms with van der Waals surface area (Å²) in [5.41, 5.74) is 7.65. The van der Waals surface area contributed by atoms with Crippen molar-refractivity contribution >= 4 is 39.0 Å². The molecule has 4 N–H and O–H groups in total. The van der Waals surface area contributed by atoms with Crippen LogP contribution in [-0.4, -0.2) is 33.6 Å². The first kappa shape index (κ1) is 19.5. The van der Waals surface area contributed by atoms with Crippen LogP contribution in [0.25, 0.3) is 21.3 Å². The molecule has 1 unspecified atom stereocenters. The predicted molar refractivity (Wildman–Crippen MR) is 115 cm³/mol. The number of H-pyrrole nitrogens is 1. The van der Waals surface area contributed by atoms with E-state index in [4.69, 9.17) is 5.73 Å². The molecular formula is C22H18N4O3S. The molecule has 0 radical (unpaired) electrons. The van der Waals surface area contributed by atoms with E-state index in [0.29, 0.717) is 16.8 Å². The van der Waals surface area contributed by atoms with Crippen LogP contribution in [0.3, 0.4) is 0 Å². The second-order valence-electron chi connectivity index (χ2n) is 6.71. The van der Waals surface area contributed by atoms with Crippen LogP contribution in [0.2, 0.25) is 0 Å². The van der Waals surface area contributed by atoms with E-state index < -0.39 is 23.6 Å². The summed E-state index contributed by atoms with van der Waals surface area (Å²) in [6.45, 7) is 0. The van der Waals surface area contributed by atoms with Gasteiger partial charge in [0.2, 0.25) is 5.78 Å². The van der Waals surface area contributed by atoms with Gasteiger partial charge in [-0.1, -0.05) is 24.3 Å². The smallest absolute Gasteiger partial charge is 0.287 e. The Bertz CT molecular complexity index is 1230. The van der Waals surface area contributed by atoms with E-state index >= 15 is 0 Å². The van der Waals surface area contributed by atoms with Gasteiger partial charge < -0.3 is 16.0 Å². The molecule has 7 nitrogen and oxygen atoms in total. The van der Waals surface area contributed by atoms with Crippen LogP contribution < -0.4 is 11.1 Å². The number of fused-ring (bicyclic) bond motifs is 1. The first-order chi connectivity index (χ1) is 14.5. The number of amides is 2. The number of primary amides is 1. The fraction of sp³-hybridized carbons (Fsp3) is 0.0909. The minimum Gasteiger partial charge on any atom is -0.366 e. The summed E-state index contributed by atoms with van der Waals surface area (Å²) in [5, 5.41) is 5.59. The Hall–Kier alpha value is -3.78. The summed E-state index contributed by atoms with van der Waals surface area (Å²) in [4.78, 5) is 44.2. The predicted octanol–water partition coefficient (Wildman–Crippen LogP) is 2.69. The third-order valence-electron chi connectivity index (χ3n) is 4.78. The number of carbonyl (C=O) groups excluding carboxylic acids is 3. The number of hydrogen-bond donors (Lipinski definition) is 3. The fourth-order valence-corrected chi connectivity index (χ4v) is 4.29. The van der Waals surface area contributed by atoms with E-state index in [1.807, 2.05) is 35.7 Å². The van der Waals surface area contributed by atoms with E-state index in [9.17, 15) is 14.4 Å². The van der Waals surface area contributed by atoms with Crippen molar-refractivity contribution in [3.8, 4) is 11.3 Å². The second-order valence-corrected chi connectivity index (χ2v) is 7.62.